The molecule has 33 heavy (non-hydrogen) atoms. The van der Waals surface area contributed by atoms with Gasteiger partial charge in [0.05, 0.1) is 18.8 Å². The number of aliphatic hydroxyl groups excluding tert-OH is 4. The van der Waals surface area contributed by atoms with Crippen LogP contribution < -0.4 is 5.73 Å². The Labute approximate surface area is 197 Å². The normalized spacial score (nSPS) is 27.6. The molecule has 0 radical (unpaired) electrons. The largest absolute Gasteiger partial charge is 0.479 e. The lowest BCUT2D eigenvalue weighted by Gasteiger charge is -2.38. The fourth-order valence-corrected chi connectivity index (χ4v) is 3.80. The summed E-state index contributed by atoms with van der Waals surface area (Å²) >= 11 is 0. The summed E-state index contributed by atoms with van der Waals surface area (Å²) in [5.74, 6) is -1.49. The second-order valence-corrected chi connectivity index (χ2v) is 8.98. The molecule has 194 valence electrons. The van der Waals surface area contributed by atoms with Gasteiger partial charge in [-0.2, -0.15) is 0 Å². The van der Waals surface area contributed by atoms with E-state index in [1.54, 1.807) is 6.08 Å². The first-order valence-corrected chi connectivity index (χ1v) is 12.4. The summed E-state index contributed by atoms with van der Waals surface area (Å²) in [6.45, 7) is 2.00. The number of aliphatic hydroxyl groups is 4. The molecule has 0 saturated carbocycles. The molecule has 1 aliphatic rings. The Kier molecular flexibility index (Phi) is 15.8. The van der Waals surface area contributed by atoms with Crippen LogP contribution in [0.4, 0.5) is 0 Å². The number of hydrogen-bond acceptors (Lipinski definition) is 8. The van der Waals surface area contributed by atoms with Crippen molar-refractivity contribution in [2.45, 2.75) is 127 Å². The van der Waals surface area contributed by atoms with E-state index in [2.05, 4.69) is 6.92 Å². The van der Waals surface area contributed by atoms with Crippen molar-refractivity contribution in [3.05, 3.63) is 12.2 Å². The fourth-order valence-electron chi connectivity index (χ4n) is 3.80. The molecule has 0 bridgehead atoms. The number of nitrogens with two attached hydrogens (primary N) is 1. The van der Waals surface area contributed by atoms with Gasteiger partial charge in [-0.25, -0.2) is 4.79 Å². The molecule has 9 nitrogen and oxygen atoms in total. The molecule has 1 fully saturated rings. The van der Waals surface area contributed by atoms with Crippen LogP contribution in [0.3, 0.4) is 0 Å². The number of rotatable bonds is 18. The molecule has 0 spiro atoms. The molecule has 7 atom stereocenters. The standard InChI is InChI=1S/C24H45NO8/c1-2-3-4-5-6-7-8-9-10-11-12-13-14-15-18(26)17(25)16-32-24-21(29)19(27)20(28)22(33-24)23(30)31/h14-15,17-22,24,26-29H,2-13,16,25H2,1H3,(H,30,31)/t17?,18?,19-,20-,21+,22-,24+/m0/s1. The van der Waals surface area contributed by atoms with E-state index in [0.29, 0.717) is 0 Å². The second kappa shape index (κ2) is 17.4. The van der Waals surface area contributed by atoms with Gasteiger partial charge in [-0.15, -0.1) is 0 Å². The molecule has 9 heteroatoms. The number of carbonyl (C=O) groups is 1. The fraction of sp³-hybridized carbons (Fsp3) is 0.875. The molecule has 1 saturated heterocycles. The summed E-state index contributed by atoms with van der Waals surface area (Å²) in [4.78, 5) is 11.1. The Morgan fingerprint density at radius 2 is 1.48 bits per heavy atom. The van der Waals surface area contributed by atoms with Crippen LogP contribution in [0.5, 0.6) is 0 Å². The molecule has 0 amide bonds. The minimum Gasteiger partial charge on any atom is -0.479 e. The van der Waals surface area contributed by atoms with E-state index in [1.807, 2.05) is 6.08 Å². The number of allylic oxidation sites excluding steroid dienone is 1. The second-order valence-electron chi connectivity index (χ2n) is 8.98. The molecule has 0 aliphatic carbocycles. The van der Waals surface area contributed by atoms with E-state index in [-0.39, 0.29) is 6.61 Å². The number of aliphatic carboxylic acids is 1. The first kappa shape index (κ1) is 30.0. The van der Waals surface area contributed by atoms with Crippen LogP contribution in [0.2, 0.25) is 0 Å². The van der Waals surface area contributed by atoms with E-state index in [1.165, 1.54) is 57.8 Å². The Morgan fingerprint density at radius 3 is 2.03 bits per heavy atom. The van der Waals surface area contributed by atoms with Crippen molar-refractivity contribution in [2.24, 2.45) is 5.73 Å². The summed E-state index contributed by atoms with van der Waals surface area (Å²) in [5.41, 5.74) is 5.89. The van der Waals surface area contributed by atoms with Crippen LogP contribution >= 0.6 is 0 Å². The van der Waals surface area contributed by atoms with Gasteiger partial charge < -0.3 is 40.7 Å². The number of hydrogen-bond donors (Lipinski definition) is 6. The molecule has 0 aromatic carbocycles. The number of ether oxygens (including phenoxy) is 2. The van der Waals surface area contributed by atoms with E-state index < -0.39 is 48.8 Å². The Hall–Kier alpha value is -1.07. The maximum atomic E-state index is 11.1. The molecule has 0 aromatic rings. The van der Waals surface area contributed by atoms with Crippen LogP contribution in [-0.4, -0.2) is 81.0 Å². The van der Waals surface area contributed by atoms with Gasteiger partial charge in [-0.3, -0.25) is 0 Å². The quantitative estimate of drug-likeness (QED) is 0.128. The van der Waals surface area contributed by atoms with Gasteiger partial charge >= 0.3 is 5.97 Å². The lowest BCUT2D eigenvalue weighted by Crippen LogP contribution is -2.60. The van der Waals surface area contributed by atoms with Crippen LogP contribution in [0, 0.1) is 0 Å². The predicted octanol–water partition coefficient (Wildman–Crippen LogP) is 1.84. The maximum absolute atomic E-state index is 11.1. The molecular weight excluding hydrogens is 430 g/mol. The molecule has 0 aromatic heterocycles. The van der Waals surface area contributed by atoms with Crippen molar-refractivity contribution in [1.29, 1.82) is 0 Å². The Bertz CT molecular complexity index is 547. The van der Waals surface area contributed by atoms with Crippen molar-refractivity contribution < 1.29 is 39.8 Å². The van der Waals surface area contributed by atoms with Crippen LogP contribution in [-0.2, 0) is 14.3 Å². The van der Waals surface area contributed by atoms with Gasteiger partial charge in [-0.1, -0.05) is 83.3 Å². The van der Waals surface area contributed by atoms with Crippen LogP contribution in [0.15, 0.2) is 12.2 Å². The third-order valence-corrected chi connectivity index (χ3v) is 6.01. The number of carboxylic acids is 1. The van der Waals surface area contributed by atoms with Crippen molar-refractivity contribution in [3.63, 3.8) is 0 Å². The van der Waals surface area contributed by atoms with Gasteiger partial charge in [0.1, 0.15) is 18.3 Å². The topological polar surface area (TPSA) is 163 Å². The van der Waals surface area contributed by atoms with Crippen molar-refractivity contribution in [3.8, 4) is 0 Å². The van der Waals surface area contributed by atoms with Crippen molar-refractivity contribution in [1.82, 2.24) is 0 Å². The highest BCUT2D eigenvalue weighted by Crippen LogP contribution is 2.22. The highest BCUT2D eigenvalue weighted by Gasteiger charge is 2.47. The average molecular weight is 476 g/mol. The molecular formula is C24H45NO8. The summed E-state index contributed by atoms with van der Waals surface area (Å²) < 4.78 is 10.3. The zero-order valence-corrected chi connectivity index (χ0v) is 19.9. The zero-order chi connectivity index (χ0) is 24.6. The average Bonchev–Trinajstić information content (AvgIpc) is 2.79. The van der Waals surface area contributed by atoms with Crippen molar-refractivity contribution >= 4 is 5.97 Å². The highest BCUT2D eigenvalue weighted by atomic mass is 16.7. The molecule has 7 N–H and O–H groups in total. The van der Waals surface area contributed by atoms with E-state index >= 15 is 0 Å². The van der Waals surface area contributed by atoms with Gasteiger partial charge in [0.25, 0.3) is 0 Å². The Balaban J connectivity index is 2.15. The van der Waals surface area contributed by atoms with E-state index in [4.69, 9.17) is 20.3 Å². The minimum atomic E-state index is -1.78. The first-order chi connectivity index (χ1) is 15.8. The van der Waals surface area contributed by atoms with Gasteiger partial charge in [-0.05, 0) is 12.8 Å². The van der Waals surface area contributed by atoms with Gasteiger partial charge in [0.2, 0.25) is 0 Å². The SMILES string of the molecule is CCCCCCCCCCCCCC=CC(O)C(N)CO[C@@H]1O[C@H](C(=O)O)[C@@H](O)[C@H](O)[C@H]1O. The molecule has 1 heterocycles. The van der Waals surface area contributed by atoms with Crippen molar-refractivity contribution in [2.75, 3.05) is 6.61 Å². The summed E-state index contributed by atoms with van der Waals surface area (Å²) in [6.07, 6.45) is 8.98. The smallest absolute Gasteiger partial charge is 0.335 e. The summed E-state index contributed by atoms with van der Waals surface area (Å²) in [6, 6.07) is -0.832. The highest BCUT2D eigenvalue weighted by molar-refractivity contribution is 5.73. The third-order valence-electron chi connectivity index (χ3n) is 6.01. The first-order valence-electron chi connectivity index (χ1n) is 12.4. The van der Waals surface area contributed by atoms with Crippen LogP contribution in [0.1, 0.15) is 84.0 Å². The van der Waals surface area contributed by atoms with E-state index in [0.717, 1.165) is 19.3 Å². The predicted molar refractivity (Wildman–Crippen MR) is 124 cm³/mol. The Morgan fingerprint density at radius 1 is 0.939 bits per heavy atom. The lowest BCUT2D eigenvalue weighted by molar-refractivity contribution is -0.295. The monoisotopic (exact) mass is 475 g/mol. The summed E-state index contributed by atoms with van der Waals surface area (Å²) in [5, 5.41) is 48.6. The maximum Gasteiger partial charge on any atom is 0.335 e. The van der Waals surface area contributed by atoms with Gasteiger partial charge in [0, 0.05) is 0 Å². The molecule has 2 unspecified atom stereocenters. The third kappa shape index (κ3) is 11.8. The molecule has 1 rings (SSSR count). The number of carboxylic acid groups (broad SMARTS) is 1. The lowest BCUT2D eigenvalue weighted by atomic mass is 9.99. The number of unbranched alkanes of at least 4 members (excludes halogenated alkanes) is 11. The van der Waals surface area contributed by atoms with E-state index in [9.17, 15) is 25.2 Å². The molecule has 1 aliphatic heterocycles. The van der Waals surface area contributed by atoms with Gasteiger partial charge in [0.15, 0.2) is 12.4 Å². The minimum absolute atomic E-state index is 0.235. The van der Waals surface area contributed by atoms with Crippen LogP contribution in [0.25, 0.3) is 0 Å². The zero-order valence-electron chi connectivity index (χ0n) is 19.9. The summed E-state index contributed by atoms with van der Waals surface area (Å²) in [7, 11) is 0.